The van der Waals surface area contributed by atoms with Crippen LogP contribution >= 0.6 is 11.6 Å². The number of carbonyl (C=O) groups excluding carboxylic acids is 1. The summed E-state index contributed by atoms with van der Waals surface area (Å²) in [7, 11) is 1.81. The number of rotatable bonds is 5. The molecule has 144 valence electrons. The highest BCUT2D eigenvalue weighted by atomic mass is 35.5. The molecule has 4 rings (SSSR count). The summed E-state index contributed by atoms with van der Waals surface area (Å²) in [6, 6.07) is 4.71. The Hall–Kier alpha value is -3.01. The molecular formula is C18H17ClN6O3. The molecule has 3 heterocycles. The van der Waals surface area contributed by atoms with Crippen LogP contribution in [0.15, 0.2) is 30.6 Å². The molecule has 0 aliphatic rings. The van der Waals surface area contributed by atoms with E-state index in [4.69, 9.17) is 11.6 Å². The van der Waals surface area contributed by atoms with Gasteiger partial charge in [-0.05, 0) is 18.2 Å². The van der Waals surface area contributed by atoms with Gasteiger partial charge in [0.25, 0.3) is 5.91 Å². The Bertz CT molecular complexity index is 1180. The monoisotopic (exact) mass is 400 g/mol. The molecule has 0 fully saturated rings. The van der Waals surface area contributed by atoms with E-state index in [1.54, 1.807) is 16.9 Å². The highest BCUT2D eigenvalue weighted by Crippen LogP contribution is 2.29. The Morgan fingerprint density at radius 3 is 2.89 bits per heavy atom. The van der Waals surface area contributed by atoms with Gasteiger partial charge in [-0.2, -0.15) is 5.10 Å². The minimum Gasteiger partial charge on any atom is -0.394 e. The standard InChI is InChI=1S/C18H17ClN6O3/c1-25-14-4-9(19)2-3-11(14)15(24-25)13-6-21-17-16(23-13)12(5-20-17)18(28)22-10(7-26)8-27/h2-6,10,26-27H,7-8H2,1H3,(H,20,21)(H,22,28). The molecule has 4 N–H and O–H groups in total. The van der Waals surface area contributed by atoms with E-state index in [0.29, 0.717) is 27.6 Å². The average molecular weight is 401 g/mol. The van der Waals surface area contributed by atoms with Crippen molar-refractivity contribution in [3.63, 3.8) is 0 Å². The Balaban J connectivity index is 1.79. The minimum atomic E-state index is -0.752. The minimum absolute atomic E-state index is 0.263. The van der Waals surface area contributed by atoms with Gasteiger partial charge in [-0.3, -0.25) is 9.48 Å². The fourth-order valence-corrected chi connectivity index (χ4v) is 3.18. The second kappa shape index (κ2) is 7.19. The van der Waals surface area contributed by atoms with E-state index < -0.39 is 11.9 Å². The second-order valence-corrected chi connectivity index (χ2v) is 6.76. The van der Waals surface area contributed by atoms with Crippen LogP contribution in [-0.2, 0) is 7.05 Å². The molecule has 0 spiro atoms. The fraction of sp³-hybridized carbons (Fsp3) is 0.222. The van der Waals surface area contributed by atoms with Crippen LogP contribution in [0.25, 0.3) is 33.5 Å². The lowest BCUT2D eigenvalue weighted by Crippen LogP contribution is -2.40. The van der Waals surface area contributed by atoms with Crippen molar-refractivity contribution in [2.45, 2.75) is 6.04 Å². The van der Waals surface area contributed by atoms with E-state index in [1.807, 2.05) is 19.2 Å². The molecule has 0 radical (unpaired) electrons. The highest BCUT2D eigenvalue weighted by Gasteiger charge is 2.19. The van der Waals surface area contributed by atoms with Crippen LogP contribution in [0.4, 0.5) is 0 Å². The van der Waals surface area contributed by atoms with E-state index in [-0.39, 0.29) is 18.8 Å². The summed E-state index contributed by atoms with van der Waals surface area (Å²) in [5.41, 5.74) is 3.07. The quantitative estimate of drug-likeness (QED) is 0.399. The van der Waals surface area contributed by atoms with Gasteiger partial charge < -0.3 is 20.5 Å². The SMILES string of the molecule is Cn1nc(-c2cnc3[nH]cc(C(=O)NC(CO)CO)c3n2)c2ccc(Cl)cc21. The third-order valence-corrected chi connectivity index (χ3v) is 4.69. The smallest absolute Gasteiger partial charge is 0.255 e. The van der Waals surface area contributed by atoms with Crippen molar-refractivity contribution in [1.29, 1.82) is 0 Å². The summed E-state index contributed by atoms with van der Waals surface area (Å²) >= 11 is 6.08. The van der Waals surface area contributed by atoms with E-state index in [9.17, 15) is 15.0 Å². The lowest BCUT2D eigenvalue weighted by Gasteiger charge is -2.12. The predicted octanol–water partition coefficient (Wildman–Crippen LogP) is 1.25. The number of H-pyrrole nitrogens is 1. The molecule has 1 aromatic carbocycles. The van der Waals surface area contributed by atoms with Gasteiger partial charge in [0.2, 0.25) is 0 Å². The maximum absolute atomic E-state index is 12.5. The van der Waals surface area contributed by atoms with Gasteiger partial charge in [0.15, 0.2) is 5.65 Å². The Morgan fingerprint density at radius 2 is 2.14 bits per heavy atom. The van der Waals surface area contributed by atoms with Gasteiger partial charge in [-0.1, -0.05) is 11.6 Å². The number of hydrogen-bond acceptors (Lipinski definition) is 6. The molecule has 0 saturated heterocycles. The number of benzene rings is 1. The summed E-state index contributed by atoms with van der Waals surface area (Å²) in [6.07, 6.45) is 3.08. The molecule has 0 aliphatic heterocycles. The number of aromatic amines is 1. The molecule has 0 bridgehead atoms. The largest absolute Gasteiger partial charge is 0.394 e. The summed E-state index contributed by atoms with van der Waals surface area (Å²) in [4.78, 5) is 24.3. The van der Waals surface area contributed by atoms with Crippen molar-refractivity contribution in [2.24, 2.45) is 7.05 Å². The molecule has 4 aromatic rings. The Kier molecular flexibility index (Phi) is 4.71. The van der Waals surface area contributed by atoms with Gasteiger partial charge in [0, 0.05) is 23.7 Å². The first kappa shape index (κ1) is 18.4. The molecule has 0 unspecified atom stereocenters. The van der Waals surface area contributed by atoms with Crippen molar-refractivity contribution >= 4 is 39.6 Å². The first-order valence-electron chi connectivity index (χ1n) is 8.51. The molecule has 10 heteroatoms. The Labute approximate surface area is 164 Å². The zero-order valence-electron chi connectivity index (χ0n) is 14.8. The fourth-order valence-electron chi connectivity index (χ4n) is 3.01. The number of nitrogens with zero attached hydrogens (tertiary/aromatic N) is 4. The third-order valence-electron chi connectivity index (χ3n) is 4.46. The maximum Gasteiger partial charge on any atom is 0.255 e. The van der Waals surface area contributed by atoms with Crippen molar-refractivity contribution in [2.75, 3.05) is 13.2 Å². The summed E-state index contributed by atoms with van der Waals surface area (Å²) in [5, 5.41) is 26.9. The van der Waals surface area contributed by atoms with E-state index in [1.165, 1.54) is 6.20 Å². The van der Waals surface area contributed by atoms with Crippen molar-refractivity contribution in [3.05, 3.63) is 41.2 Å². The van der Waals surface area contributed by atoms with Crippen molar-refractivity contribution in [1.82, 2.24) is 30.0 Å². The summed E-state index contributed by atoms with van der Waals surface area (Å²) < 4.78 is 1.71. The summed E-state index contributed by atoms with van der Waals surface area (Å²) in [5.74, 6) is -0.469. The number of carbonyl (C=O) groups is 1. The van der Waals surface area contributed by atoms with Crippen molar-refractivity contribution < 1.29 is 15.0 Å². The summed E-state index contributed by atoms with van der Waals surface area (Å²) in [6.45, 7) is -0.742. The van der Waals surface area contributed by atoms with Crippen LogP contribution in [0, 0.1) is 0 Å². The second-order valence-electron chi connectivity index (χ2n) is 6.32. The molecule has 0 atom stereocenters. The number of nitrogens with one attached hydrogen (secondary N) is 2. The zero-order valence-corrected chi connectivity index (χ0v) is 15.6. The highest BCUT2D eigenvalue weighted by molar-refractivity contribution is 6.31. The molecule has 1 amide bonds. The van der Waals surface area contributed by atoms with Crippen molar-refractivity contribution in [3.8, 4) is 11.4 Å². The van der Waals surface area contributed by atoms with Gasteiger partial charge in [0.1, 0.15) is 16.9 Å². The lowest BCUT2D eigenvalue weighted by atomic mass is 10.1. The molecule has 3 aromatic heterocycles. The molecule has 0 saturated carbocycles. The Morgan fingerprint density at radius 1 is 1.36 bits per heavy atom. The predicted molar refractivity (Wildman–Crippen MR) is 104 cm³/mol. The van der Waals surface area contributed by atoms with Crippen LogP contribution in [0.3, 0.4) is 0 Å². The van der Waals surface area contributed by atoms with Gasteiger partial charge in [0.05, 0.1) is 36.5 Å². The number of aryl methyl sites for hydroxylation is 1. The van der Waals surface area contributed by atoms with Gasteiger partial charge >= 0.3 is 0 Å². The van der Waals surface area contributed by atoms with Crippen LogP contribution in [-0.4, -0.2) is 60.1 Å². The molecule has 9 nitrogen and oxygen atoms in total. The number of aromatic nitrogens is 5. The average Bonchev–Trinajstić information content (AvgIpc) is 3.26. The van der Waals surface area contributed by atoms with Crippen LogP contribution in [0.1, 0.15) is 10.4 Å². The topological polar surface area (TPSA) is 129 Å². The van der Waals surface area contributed by atoms with E-state index >= 15 is 0 Å². The maximum atomic E-state index is 12.5. The molecule has 28 heavy (non-hydrogen) atoms. The zero-order chi connectivity index (χ0) is 19.8. The van der Waals surface area contributed by atoms with Crippen LogP contribution in [0.2, 0.25) is 5.02 Å². The molecule has 0 aliphatic carbocycles. The number of halogens is 1. The first-order chi connectivity index (χ1) is 13.5. The van der Waals surface area contributed by atoms with Gasteiger partial charge in [-0.15, -0.1) is 0 Å². The number of hydrogen-bond donors (Lipinski definition) is 4. The van der Waals surface area contributed by atoms with Crippen LogP contribution in [0.5, 0.6) is 0 Å². The third kappa shape index (κ3) is 3.09. The van der Waals surface area contributed by atoms with Crippen LogP contribution < -0.4 is 5.32 Å². The lowest BCUT2D eigenvalue weighted by molar-refractivity contribution is 0.0881. The molecular weight excluding hydrogens is 384 g/mol. The normalized spacial score (nSPS) is 11.6. The number of amides is 1. The number of aliphatic hydroxyl groups excluding tert-OH is 2. The van der Waals surface area contributed by atoms with Gasteiger partial charge in [-0.25, -0.2) is 9.97 Å². The van der Waals surface area contributed by atoms with E-state index in [2.05, 4.69) is 25.4 Å². The van der Waals surface area contributed by atoms with E-state index in [0.717, 1.165) is 10.9 Å². The number of fused-ring (bicyclic) bond motifs is 2. The first-order valence-corrected chi connectivity index (χ1v) is 8.89. The number of aliphatic hydroxyl groups is 2.